The van der Waals surface area contributed by atoms with Gasteiger partial charge in [-0.05, 0) is 61.4 Å². The molecule has 4 rings (SSSR count). The van der Waals surface area contributed by atoms with Crippen LogP contribution in [0, 0.1) is 10.8 Å². The molecule has 174 valence electrons. The molecule has 2 unspecified atom stereocenters. The van der Waals surface area contributed by atoms with Crippen molar-refractivity contribution in [2.24, 2.45) is 10.8 Å². The van der Waals surface area contributed by atoms with Crippen molar-refractivity contribution in [3.63, 3.8) is 0 Å². The normalized spacial score (nSPS) is 29.4. The monoisotopic (exact) mass is 470 g/mol. The summed E-state index contributed by atoms with van der Waals surface area (Å²) in [5, 5.41) is 1.92. The Morgan fingerprint density at radius 1 is 1.03 bits per heavy atom. The van der Waals surface area contributed by atoms with Crippen LogP contribution in [0.4, 0.5) is 0 Å². The summed E-state index contributed by atoms with van der Waals surface area (Å²) in [5.41, 5.74) is 3.60. The van der Waals surface area contributed by atoms with E-state index in [0.29, 0.717) is 12.1 Å². The lowest BCUT2D eigenvalue weighted by molar-refractivity contribution is 0.0662. The number of hydrogen-bond donors (Lipinski definition) is 1. The fourth-order valence-electron chi connectivity index (χ4n) is 5.73. The summed E-state index contributed by atoms with van der Waals surface area (Å²) < 4.78 is 28.5. The van der Waals surface area contributed by atoms with Gasteiger partial charge < -0.3 is 4.90 Å². The van der Waals surface area contributed by atoms with Gasteiger partial charge >= 0.3 is 0 Å². The molecule has 2 atom stereocenters. The number of halogens is 1. The van der Waals surface area contributed by atoms with Gasteiger partial charge in [0, 0.05) is 44.3 Å². The van der Waals surface area contributed by atoms with Crippen LogP contribution in [0.3, 0.4) is 0 Å². The highest BCUT2D eigenvalue weighted by Gasteiger charge is 2.53. The first-order valence-corrected chi connectivity index (χ1v) is 12.3. The summed E-state index contributed by atoms with van der Waals surface area (Å²) in [6, 6.07) is 6.44. The first-order valence-electron chi connectivity index (χ1n) is 10.8. The molecule has 1 aromatic carbocycles. The average molecular weight is 471 g/mol. The van der Waals surface area contributed by atoms with Crippen LogP contribution >= 0.6 is 12.4 Å². The zero-order valence-electron chi connectivity index (χ0n) is 18.9. The molecule has 2 heterocycles. The summed E-state index contributed by atoms with van der Waals surface area (Å²) in [4.78, 5) is 15.0. The third-order valence-corrected chi connectivity index (χ3v) is 8.77. The zero-order chi connectivity index (χ0) is 21.7. The minimum atomic E-state index is -3.57. The first kappa shape index (κ1) is 24.5. The maximum Gasteiger partial charge on any atom is 0.265 e. The number of fused-ring (bicyclic) bond motifs is 2. The van der Waals surface area contributed by atoms with E-state index in [0.717, 1.165) is 45.4 Å². The lowest BCUT2D eigenvalue weighted by Gasteiger charge is -2.39. The van der Waals surface area contributed by atoms with Crippen molar-refractivity contribution in [1.29, 1.82) is 0 Å². The lowest BCUT2D eigenvalue weighted by atomic mass is 9.65. The van der Waals surface area contributed by atoms with E-state index in [-0.39, 0.29) is 40.1 Å². The van der Waals surface area contributed by atoms with Gasteiger partial charge in [-0.3, -0.25) is 10.2 Å². The largest absolute Gasteiger partial charge is 0.304 e. The van der Waals surface area contributed by atoms with Crippen LogP contribution < -0.4 is 5.43 Å². The molecule has 1 N–H and O–H groups in total. The van der Waals surface area contributed by atoms with Gasteiger partial charge in [0.05, 0.1) is 4.90 Å². The quantitative estimate of drug-likeness (QED) is 0.732. The number of hydrogen-bond acceptors (Lipinski definition) is 5. The Morgan fingerprint density at radius 3 is 2.26 bits per heavy atom. The molecule has 2 bridgehead atoms. The first-order chi connectivity index (χ1) is 14.0. The van der Waals surface area contributed by atoms with Crippen molar-refractivity contribution in [1.82, 2.24) is 19.6 Å². The Kier molecular flexibility index (Phi) is 6.81. The topological polar surface area (TPSA) is 73.0 Å². The molecule has 0 radical (unpaired) electrons. The number of rotatable bonds is 4. The smallest absolute Gasteiger partial charge is 0.265 e. The van der Waals surface area contributed by atoms with E-state index < -0.39 is 10.0 Å². The van der Waals surface area contributed by atoms with Crippen molar-refractivity contribution in [2.45, 2.75) is 51.0 Å². The van der Waals surface area contributed by atoms with Gasteiger partial charge in [0.2, 0.25) is 10.0 Å². The van der Waals surface area contributed by atoms with Crippen LogP contribution in [0.15, 0.2) is 29.2 Å². The molecular weight excluding hydrogens is 436 g/mol. The fraction of sp³-hybridized carbons (Fsp3) is 0.682. The standard InChI is InChI=1S/C22H34N4O3S.ClH/c1-21(2)13-18-14-22(3,15-21)16-26(18)30(28,29)19-7-5-17(6-8-19)20(27)23-25-11-9-24(4)10-12-25;/h5-8,18H,9-16H2,1-4H3,(H,23,27);1H. The molecule has 1 aliphatic carbocycles. The molecule has 1 amide bonds. The third kappa shape index (κ3) is 5.09. The average Bonchev–Trinajstić information content (AvgIpc) is 2.93. The Hall–Kier alpha value is -1.19. The summed E-state index contributed by atoms with van der Waals surface area (Å²) in [7, 11) is -1.51. The zero-order valence-corrected chi connectivity index (χ0v) is 20.6. The van der Waals surface area contributed by atoms with E-state index in [1.54, 1.807) is 28.6 Å². The minimum Gasteiger partial charge on any atom is -0.304 e. The molecule has 1 saturated carbocycles. The number of carbonyl (C=O) groups is 1. The maximum atomic E-state index is 13.4. The van der Waals surface area contributed by atoms with Crippen LogP contribution in [0.1, 0.15) is 50.4 Å². The Labute approximate surface area is 192 Å². The number of nitrogens with one attached hydrogen (secondary N) is 1. The fourth-order valence-corrected chi connectivity index (χ4v) is 7.50. The van der Waals surface area contributed by atoms with E-state index in [2.05, 4.69) is 38.1 Å². The number of amides is 1. The second-order valence-corrected chi connectivity index (χ2v) is 12.4. The highest BCUT2D eigenvalue weighted by Crippen LogP contribution is 2.53. The molecule has 9 heteroatoms. The van der Waals surface area contributed by atoms with Crippen molar-refractivity contribution in [3.05, 3.63) is 29.8 Å². The van der Waals surface area contributed by atoms with Crippen LogP contribution in [0.5, 0.6) is 0 Å². The summed E-state index contributed by atoms with van der Waals surface area (Å²) in [6.45, 7) is 10.6. The number of piperazine rings is 1. The SMILES string of the molecule is CN1CCN(NC(=O)c2ccc(S(=O)(=O)N3CC4(C)CC3CC(C)(C)C4)cc2)CC1.Cl. The molecule has 7 nitrogen and oxygen atoms in total. The van der Waals surface area contributed by atoms with E-state index in [1.807, 2.05) is 5.01 Å². The second-order valence-electron chi connectivity index (χ2n) is 10.5. The number of carbonyl (C=O) groups excluding carboxylic acids is 1. The third-order valence-electron chi connectivity index (χ3n) is 6.85. The molecule has 3 fully saturated rings. The Balaban J connectivity index is 0.00000272. The van der Waals surface area contributed by atoms with Crippen LogP contribution in [0.2, 0.25) is 0 Å². The molecule has 0 aromatic heterocycles. The summed E-state index contributed by atoms with van der Waals surface area (Å²) in [5.74, 6) is -0.199. The number of likely N-dealkylation sites (N-methyl/N-ethyl adjacent to an activating group) is 1. The van der Waals surface area contributed by atoms with E-state index in [9.17, 15) is 13.2 Å². The van der Waals surface area contributed by atoms with Gasteiger partial charge in [-0.2, -0.15) is 4.31 Å². The summed E-state index contributed by atoms with van der Waals surface area (Å²) in [6.07, 6.45) is 2.88. The Bertz CT molecular complexity index is 913. The highest BCUT2D eigenvalue weighted by atomic mass is 35.5. The van der Waals surface area contributed by atoms with Crippen LogP contribution in [0.25, 0.3) is 0 Å². The van der Waals surface area contributed by atoms with Gasteiger partial charge in [0.1, 0.15) is 0 Å². The summed E-state index contributed by atoms with van der Waals surface area (Å²) >= 11 is 0. The number of sulfonamides is 1. The highest BCUT2D eigenvalue weighted by molar-refractivity contribution is 7.89. The molecule has 2 aliphatic heterocycles. The van der Waals surface area contributed by atoms with Crippen LogP contribution in [-0.4, -0.2) is 74.4 Å². The van der Waals surface area contributed by atoms with E-state index >= 15 is 0 Å². The van der Waals surface area contributed by atoms with Gasteiger partial charge in [0.15, 0.2) is 0 Å². The van der Waals surface area contributed by atoms with Gasteiger partial charge in [-0.1, -0.05) is 20.8 Å². The van der Waals surface area contributed by atoms with Crippen molar-refractivity contribution in [3.8, 4) is 0 Å². The molecule has 2 saturated heterocycles. The van der Waals surface area contributed by atoms with E-state index in [1.165, 1.54) is 0 Å². The van der Waals surface area contributed by atoms with Crippen molar-refractivity contribution < 1.29 is 13.2 Å². The van der Waals surface area contributed by atoms with E-state index in [4.69, 9.17) is 0 Å². The molecule has 3 aliphatic rings. The van der Waals surface area contributed by atoms with Crippen molar-refractivity contribution in [2.75, 3.05) is 39.8 Å². The maximum absolute atomic E-state index is 13.4. The lowest BCUT2D eigenvalue weighted by Crippen LogP contribution is -2.52. The number of benzene rings is 1. The molecular formula is C22H35ClN4O3S. The Morgan fingerprint density at radius 2 is 1.65 bits per heavy atom. The van der Waals surface area contributed by atoms with Gasteiger partial charge in [-0.15, -0.1) is 12.4 Å². The minimum absolute atomic E-state index is 0. The number of hydrazine groups is 1. The number of nitrogens with zero attached hydrogens (tertiary/aromatic N) is 3. The molecule has 0 spiro atoms. The predicted molar refractivity (Wildman–Crippen MR) is 124 cm³/mol. The van der Waals surface area contributed by atoms with Gasteiger partial charge in [0.25, 0.3) is 5.91 Å². The van der Waals surface area contributed by atoms with Crippen LogP contribution in [-0.2, 0) is 10.0 Å². The molecule has 1 aromatic rings. The van der Waals surface area contributed by atoms with Crippen molar-refractivity contribution >= 4 is 28.3 Å². The van der Waals surface area contributed by atoms with Gasteiger partial charge in [-0.25, -0.2) is 13.4 Å². The molecule has 31 heavy (non-hydrogen) atoms. The predicted octanol–water partition coefficient (Wildman–Crippen LogP) is 2.59. The second kappa shape index (κ2) is 8.63.